The van der Waals surface area contributed by atoms with E-state index in [0.29, 0.717) is 6.42 Å². The highest BCUT2D eigenvalue weighted by Crippen LogP contribution is 2.22. The molecule has 2 heterocycles. The Balaban J connectivity index is 1.57. The van der Waals surface area contributed by atoms with Gasteiger partial charge in [0.2, 0.25) is 0 Å². The summed E-state index contributed by atoms with van der Waals surface area (Å²) in [6, 6.07) is 10.9. The summed E-state index contributed by atoms with van der Waals surface area (Å²) >= 11 is 0. The quantitative estimate of drug-likeness (QED) is 0.892. The smallest absolute Gasteiger partial charge is 0.317 e. The van der Waals surface area contributed by atoms with Crippen molar-refractivity contribution in [3.63, 3.8) is 0 Å². The maximum absolute atomic E-state index is 12.7. The van der Waals surface area contributed by atoms with Gasteiger partial charge in [-0.05, 0) is 50.7 Å². The van der Waals surface area contributed by atoms with Crippen molar-refractivity contribution < 1.29 is 9.90 Å². The van der Waals surface area contributed by atoms with E-state index in [4.69, 9.17) is 0 Å². The minimum absolute atomic E-state index is 0.0491. The number of hydrogen-bond donors (Lipinski definition) is 2. The zero-order valence-corrected chi connectivity index (χ0v) is 14.4. The van der Waals surface area contributed by atoms with Gasteiger partial charge in [-0.1, -0.05) is 18.2 Å². The van der Waals surface area contributed by atoms with Crippen LogP contribution in [0.3, 0.4) is 0 Å². The molecule has 2 atom stereocenters. The van der Waals surface area contributed by atoms with Crippen LogP contribution >= 0.6 is 0 Å². The first-order valence-electron chi connectivity index (χ1n) is 9.26. The van der Waals surface area contributed by atoms with Gasteiger partial charge >= 0.3 is 6.03 Å². The van der Waals surface area contributed by atoms with E-state index in [-0.39, 0.29) is 24.7 Å². The monoisotopic (exact) mass is 331 g/mol. The fourth-order valence-corrected chi connectivity index (χ4v) is 3.94. The number of carbonyl (C=O) groups excluding carboxylic acids is 1. The number of nitrogens with one attached hydrogen (secondary N) is 1. The average molecular weight is 331 g/mol. The summed E-state index contributed by atoms with van der Waals surface area (Å²) in [5, 5.41) is 12.5. The Labute approximate surface area is 144 Å². The molecule has 0 radical (unpaired) electrons. The Morgan fingerprint density at radius 1 is 1.12 bits per heavy atom. The van der Waals surface area contributed by atoms with Gasteiger partial charge in [0.05, 0.1) is 0 Å². The van der Waals surface area contributed by atoms with E-state index < -0.39 is 0 Å². The van der Waals surface area contributed by atoms with Gasteiger partial charge < -0.3 is 20.2 Å². The first kappa shape index (κ1) is 17.1. The normalized spacial score (nSPS) is 24.7. The van der Waals surface area contributed by atoms with Gasteiger partial charge in [0.1, 0.15) is 0 Å². The van der Waals surface area contributed by atoms with E-state index in [1.807, 2.05) is 11.0 Å². The molecule has 3 rings (SSSR count). The summed E-state index contributed by atoms with van der Waals surface area (Å²) in [5.41, 5.74) is 1.23. The average Bonchev–Trinajstić information content (AvgIpc) is 2.63. The van der Waals surface area contributed by atoms with Gasteiger partial charge in [0.25, 0.3) is 0 Å². The predicted molar refractivity (Wildman–Crippen MR) is 96.3 cm³/mol. The van der Waals surface area contributed by atoms with Gasteiger partial charge in [0, 0.05) is 44.0 Å². The third-order valence-corrected chi connectivity index (χ3v) is 5.22. The maximum Gasteiger partial charge on any atom is 0.317 e. The van der Waals surface area contributed by atoms with Crippen molar-refractivity contribution in [3.8, 4) is 0 Å². The van der Waals surface area contributed by atoms with Crippen LogP contribution in [0.4, 0.5) is 10.5 Å². The summed E-state index contributed by atoms with van der Waals surface area (Å²) in [5.74, 6) is 0. The van der Waals surface area contributed by atoms with Gasteiger partial charge in [-0.25, -0.2) is 4.79 Å². The van der Waals surface area contributed by atoms with Crippen molar-refractivity contribution in [3.05, 3.63) is 30.3 Å². The van der Waals surface area contributed by atoms with Crippen molar-refractivity contribution in [2.75, 3.05) is 31.1 Å². The molecule has 0 spiro atoms. The van der Waals surface area contributed by atoms with Crippen molar-refractivity contribution >= 4 is 11.7 Å². The number of carbonyl (C=O) groups is 1. The lowest BCUT2D eigenvalue weighted by Gasteiger charge is -2.39. The highest BCUT2D eigenvalue weighted by atomic mass is 16.3. The largest absolute Gasteiger partial charge is 0.396 e. The zero-order chi connectivity index (χ0) is 16.8. The molecule has 2 saturated heterocycles. The highest BCUT2D eigenvalue weighted by Gasteiger charge is 2.29. The van der Waals surface area contributed by atoms with Crippen LogP contribution < -0.4 is 10.2 Å². The topological polar surface area (TPSA) is 55.8 Å². The number of benzene rings is 1. The van der Waals surface area contributed by atoms with Crippen LogP contribution in [-0.2, 0) is 0 Å². The van der Waals surface area contributed by atoms with Gasteiger partial charge in [0.15, 0.2) is 0 Å². The fraction of sp³-hybridized carbons (Fsp3) is 0.632. The van der Waals surface area contributed by atoms with E-state index in [2.05, 4.69) is 34.5 Å². The number of aliphatic hydroxyl groups is 1. The standard InChI is InChI=1S/C19H29N3O2/c23-14-11-18-10-4-5-13-22(18)19(24)20-16-7-6-12-21(15-16)17-8-2-1-3-9-17/h1-3,8-9,16,18,23H,4-7,10-15H2,(H,20,24). The molecule has 24 heavy (non-hydrogen) atoms. The lowest BCUT2D eigenvalue weighted by atomic mass is 10.00. The third-order valence-electron chi connectivity index (χ3n) is 5.22. The molecule has 0 bridgehead atoms. The molecule has 2 fully saturated rings. The fourth-order valence-electron chi connectivity index (χ4n) is 3.94. The van der Waals surface area contributed by atoms with Crippen LogP contribution in [0, 0.1) is 0 Å². The van der Waals surface area contributed by atoms with Crippen LogP contribution in [0.5, 0.6) is 0 Å². The molecule has 132 valence electrons. The minimum atomic E-state index is 0.0491. The molecule has 2 amide bonds. The number of urea groups is 1. The van der Waals surface area contributed by atoms with Gasteiger partial charge in [-0.3, -0.25) is 0 Å². The summed E-state index contributed by atoms with van der Waals surface area (Å²) in [6.45, 7) is 2.88. The molecule has 0 aliphatic carbocycles. The van der Waals surface area contributed by atoms with E-state index in [1.54, 1.807) is 0 Å². The summed E-state index contributed by atoms with van der Waals surface area (Å²) in [6.07, 6.45) is 6.05. The molecule has 5 heteroatoms. The second-order valence-corrected chi connectivity index (χ2v) is 6.93. The molecular formula is C19H29N3O2. The van der Waals surface area contributed by atoms with Crippen molar-refractivity contribution in [2.45, 2.75) is 50.6 Å². The van der Waals surface area contributed by atoms with Gasteiger partial charge in [-0.15, -0.1) is 0 Å². The summed E-state index contributed by atoms with van der Waals surface area (Å²) in [4.78, 5) is 17.0. The maximum atomic E-state index is 12.7. The van der Waals surface area contributed by atoms with Crippen molar-refractivity contribution in [1.82, 2.24) is 10.2 Å². The molecule has 2 aliphatic rings. The number of anilines is 1. The Kier molecular flexibility index (Phi) is 5.96. The van der Waals surface area contributed by atoms with Crippen LogP contribution in [0.2, 0.25) is 0 Å². The van der Waals surface area contributed by atoms with E-state index in [9.17, 15) is 9.90 Å². The molecule has 0 aromatic heterocycles. The molecular weight excluding hydrogens is 302 g/mol. The lowest BCUT2D eigenvalue weighted by molar-refractivity contribution is 0.129. The second kappa shape index (κ2) is 8.38. The Morgan fingerprint density at radius 3 is 2.75 bits per heavy atom. The van der Waals surface area contributed by atoms with Crippen LogP contribution in [0.15, 0.2) is 30.3 Å². The van der Waals surface area contributed by atoms with Crippen LogP contribution in [0.25, 0.3) is 0 Å². The number of rotatable bonds is 4. The van der Waals surface area contributed by atoms with Crippen LogP contribution in [0.1, 0.15) is 38.5 Å². The van der Waals surface area contributed by atoms with E-state index >= 15 is 0 Å². The molecule has 5 nitrogen and oxygen atoms in total. The Hall–Kier alpha value is -1.75. The van der Waals surface area contributed by atoms with E-state index in [0.717, 1.165) is 51.7 Å². The minimum Gasteiger partial charge on any atom is -0.396 e. The molecule has 1 aromatic carbocycles. The van der Waals surface area contributed by atoms with E-state index in [1.165, 1.54) is 5.69 Å². The van der Waals surface area contributed by atoms with Crippen LogP contribution in [-0.4, -0.2) is 54.4 Å². The SMILES string of the molecule is O=C(NC1CCCN(c2ccccc2)C1)N1CCCCC1CCO. The summed E-state index contributed by atoms with van der Waals surface area (Å²) in [7, 11) is 0. The number of aliphatic hydroxyl groups excluding tert-OH is 1. The molecule has 0 saturated carbocycles. The number of piperidine rings is 2. The number of likely N-dealkylation sites (tertiary alicyclic amines) is 1. The predicted octanol–water partition coefficient (Wildman–Crippen LogP) is 2.60. The lowest BCUT2D eigenvalue weighted by Crippen LogP contribution is -2.55. The number of nitrogens with zero attached hydrogens (tertiary/aromatic N) is 2. The first-order chi connectivity index (χ1) is 11.8. The number of para-hydroxylation sites is 1. The van der Waals surface area contributed by atoms with Crippen molar-refractivity contribution in [2.24, 2.45) is 0 Å². The van der Waals surface area contributed by atoms with Crippen molar-refractivity contribution in [1.29, 1.82) is 0 Å². The highest BCUT2D eigenvalue weighted by molar-refractivity contribution is 5.75. The molecule has 1 aromatic rings. The Bertz CT molecular complexity index is 521. The summed E-state index contributed by atoms with van der Waals surface area (Å²) < 4.78 is 0. The number of amides is 2. The number of hydrogen-bond acceptors (Lipinski definition) is 3. The molecule has 2 N–H and O–H groups in total. The first-order valence-corrected chi connectivity index (χ1v) is 9.26. The zero-order valence-electron chi connectivity index (χ0n) is 14.4. The second-order valence-electron chi connectivity index (χ2n) is 6.93. The molecule has 2 unspecified atom stereocenters. The molecule has 2 aliphatic heterocycles. The van der Waals surface area contributed by atoms with Gasteiger partial charge in [-0.2, -0.15) is 0 Å². The Morgan fingerprint density at radius 2 is 1.96 bits per heavy atom. The third kappa shape index (κ3) is 4.20.